The lowest BCUT2D eigenvalue weighted by Gasteiger charge is -1.98. The number of nitrogens with one attached hydrogen (secondary N) is 2. The summed E-state index contributed by atoms with van der Waals surface area (Å²) >= 11 is 0. The lowest BCUT2D eigenvalue weighted by Crippen LogP contribution is -1.97. The SMILES string of the molecule is Cc1cc(Nc2ncc(F)cn2)n[nH]1. The standard InChI is InChI=1S/C8H8FN5/c1-5-2-7(14-13-5)12-8-10-3-6(9)4-11-8/h2-4H,1H3,(H2,10,11,12,13,14). The molecule has 0 aromatic carbocycles. The van der Waals surface area contributed by atoms with Crippen molar-refractivity contribution < 1.29 is 4.39 Å². The van der Waals surface area contributed by atoms with Gasteiger partial charge in [0, 0.05) is 11.8 Å². The first-order chi connectivity index (χ1) is 6.74. The Bertz CT molecular complexity index is 422. The Morgan fingerprint density at radius 2 is 2.07 bits per heavy atom. The first-order valence-electron chi connectivity index (χ1n) is 4.00. The van der Waals surface area contributed by atoms with Crippen LogP contribution in [0.15, 0.2) is 18.5 Å². The van der Waals surface area contributed by atoms with Crippen LogP contribution in [-0.2, 0) is 0 Å². The van der Waals surface area contributed by atoms with Crippen LogP contribution in [0.5, 0.6) is 0 Å². The number of halogens is 1. The second-order valence-electron chi connectivity index (χ2n) is 2.79. The van der Waals surface area contributed by atoms with E-state index in [1.54, 1.807) is 6.07 Å². The Labute approximate surface area is 79.4 Å². The van der Waals surface area contributed by atoms with Crippen LogP contribution < -0.4 is 5.32 Å². The van der Waals surface area contributed by atoms with Crippen molar-refractivity contribution in [2.45, 2.75) is 6.92 Å². The van der Waals surface area contributed by atoms with Gasteiger partial charge < -0.3 is 5.32 Å². The molecule has 0 aliphatic carbocycles. The number of nitrogens with zero attached hydrogens (tertiary/aromatic N) is 3. The molecule has 0 aliphatic heterocycles. The molecule has 0 atom stereocenters. The summed E-state index contributed by atoms with van der Waals surface area (Å²) in [5.41, 5.74) is 0.926. The third-order valence-electron chi connectivity index (χ3n) is 1.57. The molecule has 2 N–H and O–H groups in total. The number of hydrogen-bond donors (Lipinski definition) is 2. The van der Waals surface area contributed by atoms with E-state index in [1.165, 1.54) is 0 Å². The van der Waals surface area contributed by atoms with Gasteiger partial charge in [-0.2, -0.15) is 5.10 Å². The van der Waals surface area contributed by atoms with Crippen LogP contribution in [0.25, 0.3) is 0 Å². The summed E-state index contributed by atoms with van der Waals surface area (Å²) < 4.78 is 12.5. The number of H-pyrrole nitrogens is 1. The highest BCUT2D eigenvalue weighted by molar-refractivity contribution is 5.46. The highest BCUT2D eigenvalue weighted by atomic mass is 19.1. The molecule has 0 bridgehead atoms. The van der Waals surface area contributed by atoms with Crippen molar-refractivity contribution in [1.29, 1.82) is 0 Å². The molecule has 72 valence electrons. The van der Waals surface area contributed by atoms with Crippen LogP contribution in [0.1, 0.15) is 5.69 Å². The summed E-state index contributed by atoms with van der Waals surface area (Å²) in [6, 6.07) is 1.80. The average molecular weight is 193 g/mol. The number of rotatable bonds is 2. The zero-order chi connectivity index (χ0) is 9.97. The molecule has 0 aliphatic rings. The van der Waals surface area contributed by atoms with Crippen molar-refractivity contribution in [3.8, 4) is 0 Å². The first-order valence-corrected chi connectivity index (χ1v) is 4.00. The van der Waals surface area contributed by atoms with Crippen LogP contribution in [0.4, 0.5) is 16.2 Å². The second kappa shape index (κ2) is 3.41. The molecular formula is C8H8FN5. The van der Waals surface area contributed by atoms with Crippen molar-refractivity contribution in [3.63, 3.8) is 0 Å². The van der Waals surface area contributed by atoms with Gasteiger partial charge in [0.05, 0.1) is 12.4 Å². The predicted octanol–water partition coefficient (Wildman–Crippen LogP) is 1.39. The van der Waals surface area contributed by atoms with Crippen molar-refractivity contribution in [3.05, 3.63) is 30.0 Å². The predicted molar refractivity (Wildman–Crippen MR) is 48.6 cm³/mol. The van der Waals surface area contributed by atoms with Gasteiger partial charge in [0.15, 0.2) is 11.6 Å². The molecule has 0 saturated heterocycles. The summed E-state index contributed by atoms with van der Waals surface area (Å²) in [4.78, 5) is 7.46. The average Bonchev–Trinajstić information content (AvgIpc) is 2.56. The maximum atomic E-state index is 12.5. The fraction of sp³-hybridized carbons (Fsp3) is 0.125. The fourth-order valence-corrected chi connectivity index (χ4v) is 0.973. The number of anilines is 2. The number of aromatic amines is 1. The number of hydrogen-bond acceptors (Lipinski definition) is 4. The van der Waals surface area contributed by atoms with Crippen LogP contribution in [0.3, 0.4) is 0 Å². The highest BCUT2D eigenvalue weighted by Crippen LogP contribution is 2.09. The molecule has 2 aromatic rings. The molecule has 2 rings (SSSR count). The van der Waals surface area contributed by atoms with E-state index in [1.807, 2.05) is 6.92 Å². The van der Waals surface area contributed by atoms with E-state index >= 15 is 0 Å². The van der Waals surface area contributed by atoms with E-state index in [4.69, 9.17) is 0 Å². The van der Waals surface area contributed by atoms with E-state index in [2.05, 4.69) is 25.5 Å². The number of aryl methyl sites for hydroxylation is 1. The Morgan fingerprint density at radius 1 is 1.36 bits per heavy atom. The van der Waals surface area contributed by atoms with Crippen LogP contribution in [-0.4, -0.2) is 20.2 Å². The molecule has 0 amide bonds. The molecular weight excluding hydrogens is 185 g/mol. The van der Waals surface area contributed by atoms with E-state index in [-0.39, 0.29) is 0 Å². The van der Waals surface area contributed by atoms with Gasteiger partial charge in [-0.15, -0.1) is 0 Å². The molecule has 6 heteroatoms. The molecule has 2 heterocycles. The Kier molecular flexibility index (Phi) is 2.10. The highest BCUT2D eigenvalue weighted by Gasteiger charge is 2.00. The summed E-state index contributed by atoms with van der Waals surface area (Å²) in [5.74, 6) is 0.459. The lowest BCUT2D eigenvalue weighted by molar-refractivity contribution is 0.614. The van der Waals surface area contributed by atoms with E-state index in [0.29, 0.717) is 11.8 Å². The molecule has 0 fully saturated rings. The van der Waals surface area contributed by atoms with E-state index < -0.39 is 5.82 Å². The van der Waals surface area contributed by atoms with Gasteiger partial charge in [0.2, 0.25) is 5.95 Å². The zero-order valence-electron chi connectivity index (χ0n) is 7.45. The van der Waals surface area contributed by atoms with Gasteiger partial charge in [0.1, 0.15) is 0 Å². The van der Waals surface area contributed by atoms with E-state index in [0.717, 1.165) is 18.1 Å². The van der Waals surface area contributed by atoms with Gasteiger partial charge in [-0.25, -0.2) is 14.4 Å². The summed E-state index contributed by atoms with van der Waals surface area (Å²) in [5, 5.41) is 9.50. The summed E-state index contributed by atoms with van der Waals surface area (Å²) in [6.45, 7) is 1.88. The van der Waals surface area contributed by atoms with Gasteiger partial charge in [-0.1, -0.05) is 0 Å². The van der Waals surface area contributed by atoms with Gasteiger partial charge in [-0.05, 0) is 6.92 Å². The normalized spacial score (nSPS) is 10.1. The Morgan fingerprint density at radius 3 is 2.64 bits per heavy atom. The quantitative estimate of drug-likeness (QED) is 0.756. The molecule has 0 radical (unpaired) electrons. The lowest BCUT2D eigenvalue weighted by atomic mass is 10.5. The van der Waals surface area contributed by atoms with Crippen molar-refractivity contribution >= 4 is 11.8 Å². The Balaban J connectivity index is 2.15. The van der Waals surface area contributed by atoms with Crippen LogP contribution in [0, 0.1) is 12.7 Å². The van der Waals surface area contributed by atoms with Crippen molar-refractivity contribution in [1.82, 2.24) is 20.2 Å². The molecule has 14 heavy (non-hydrogen) atoms. The van der Waals surface area contributed by atoms with E-state index in [9.17, 15) is 4.39 Å². The molecule has 0 saturated carbocycles. The van der Waals surface area contributed by atoms with Crippen molar-refractivity contribution in [2.75, 3.05) is 5.32 Å². The topological polar surface area (TPSA) is 66.5 Å². The van der Waals surface area contributed by atoms with Crippen LogP contribution in [0.2, 0.25) is 0 Å². The summed E-state index contributed by atoms with van der Waals surface area (Å²) in [7, 11) is 0. The molecule has 0 spiro atoms. The molecule has 2 aromatic heterocycles. The Hall–Kier alpha value is -1.98. The van der Waals surface area contributed by atoms with Crippen LogP contribution >= 0.6 is 0 Å². The minimum Gasteiger partial charge on any atom is -0.307 e. The maximum Gasteiger partial charge on any atom is 0.228 e. The van der Waals surface area contributed by atoms with Crippen molar-refractivity contribution in [2.24, 2.45) is 0 Å². The minimum absolute atomic E-state index is 0.318. The summed E-state index contributed by atoms with van der Waals surface area (Å²) in [6.07, 6.45) is 2.18. The largest absolute Gasteiger partial charge is 0.307 e. The van der Waals surface area contributed by atoms with Gasteiger partial charge in [0.25, 0.3) is 0 Å². The third kappa shape index (κ3) is 1.85. The number of aromatic nitrogens is 4. The van der Waals surface area contributed by atoms with Gasteiger partial charge >= 0.3 is 0 Å². The minimum atomic E-state index is -0.464. The third-order valence-corrected chi connectivity index (χ3v) is 1.57. The smallest absolute Gasteiger partial charge is 0.228 e. The zero-order valence-corrected chi connectivity index (χ0v) is 7.45. The maximum absolute atomic E-state index is 12.5. The van der Waals surface area contributed by atoms with Gasteiger partial charge in [-0.3, -0.25) is 5.10 Å². The molecule has 0 unspecified atom stereocenters. The second-order valence-corrected chi connectivity index (χ2v) is 2.79. The monoisotopic (exact) mass is 193 g/mol. The first kappa shape index (κ1) is 8.61. The molecule has 5 nitrogen and oxygen atoms in total. The fourth-order valence-electron chi connectivity index (χ4n) is 0.973.